The number of para-hydroxylation sites is 1. The van der Waals surface area contributed by atoms with Crippen molar-refractivity contribution in [2.45, 2.75) is 25.8 Å². The molecule has 0 saturated carbocycles. The molecule has 3 nitrogen and oxygen atoms in total. The maximum Gasteiger partial charge on any atom is 0.226 e. The Morgan fingerprint density at radius 3 is 2.64 bits per heavy atom. The van der Waals surface area contributed by atoms with Crippen LogP contribution in [0.1, 0.15) is 24.0 Å². The van der Waals surface area contributed by atoms with Crippen LogP contribution in [0.25, 0.3) is 10.9 Å². The zero-order valence-corrected chi connectivity index (χ0v) is 14.7. The van der Waals surface area contributed by atoms with E-state index in [1.54, 1.807) is 0 Å². The maximum absolute atomic E-state index is 12.7. The molecule has 0 radical (unpaired) electrons. The number of carbonyl (C=O) groups is 1. The van der Waals surface area contributed by atoms with Crippen molar-refractivity contribution in [3.63, 3.8) is 0 Å². The summed E-state index contributed by atoms with van der Waals surface area (Å²) in [6.45, 7) is 1.62. The molecule has 1 unspecified atom stereocenters. The number of likely N-dealkylation sites (tertiary alicyclic amines) is 1. The Balaban J connectivity index is 1.41. The highest BCUT2D eigenvalue weighted by Gasteiger charge is 2.31. The van der Waals surface area contributed by atoms with E-state index in [4.69, 9.17) is 0 Å². The van der Waals surface area contributed by atoms with Gasteiger partial charge in [0.2, 0.25) is 5.91 Å². The van der Waals surface area contributed by atoms with Gasteiger partial charge >= 0.3 is 0 Å². The molecule has 2 aromatic carbocycles. The van der Waals surface area contributed by atoms with E-state index < -0.39 is 0 Å². The zero-order valence-electron chi connectivity index (χ0n) is 14.7. The van der Waals surface area contributed by atoms with Crippen LogP contribution in [0.15, 0.2) is 60.8 Å². The summed E-state index contributed by atoms with van der Waals surface area (Å²) in [5.41, 5.74) is 3.83. The van der Waals surface area contributed by atoms with Gasteiger partial charge in [-0.15, -0.1) is 0 Å². The van der Waals surface area contributed by atoms with E-state index in [1.807, 2.05) is 23.1 Å². The lowest BCUT2D eigenvalue weighted by Gasteiger charge is -2.16. The molecule has 3 heteroatoms. The Hall–Kier alpha value is -2.55. The van der Waals surface area contributed by atoms with Gasteiger partial charge in [-0.25, -0.2) is 0 Å². The number of fused-ring (bicyclic) bond motifs is 1. The molecule has 1 saturated heterocycles. The lowest BCUT2D eigenvalue weighted by atomic mass is 9.98. The third-order valence-electron chi connectivity index (χ3n) is 5.37. The van der Waals surface area contributed by atoms with Crippen molar-refractivity contribution in [1.29, 1.82) is 0 Å². The quantitative estimate of drug-likeness (QED) is 0.689. The molecule has 0 aliphatic carbocycles. The molecule has 0 bridgehead atoms. The van der Waals surface area contributed by atoms with E-state index in [0.717, 1.165) is 32.4 Å². The highest BCUT2D eigenvalue weighted by atomic mass is 16.2. The number of carbonyl (C=O) groups excluding carboxylic acids is 1. The lowest BCUT2D eigenvalue weighted by Crippen LogP contribution is -2.27. The molecule has 1 aromatic heterocycles. The molecule has 25 heavy (non-hydrogen) atoms. The average molecular weight is 332 g/mol. The fraction of sp³-hybridized carbons (Fsp3) is 0.318. The van der Waals surface area contributed by atoms with Crippen molar-refractivity contribution in [2.75, 3.05) is 6.54 Å². The van der Waals surface area contributed by atoms with Gasteiger partial charge < -0.3 is 9.47 Å². The molecule has 1 amide bonds. The predicted molar refractivity (Wildman–Crippen MR) is 101 cm³/mol. The van der Waals surface area contributed by atoms with Gasteiger partial charge in [0.05, 0.1) is 0 Å². The fourth-order valence-electron chi connectivity index (χ4n) is 3.99. The second kappa shape index (κ2) is 6.75. The average Bonchev–Trinajstić information content (AvgIpc) is 3.15. The van der Waals surface area contributed by atoms with Gasteiger partial charge in [0.1, 0.15) is 0 Å². The van der Waals surface area contributed by atoms with Crippen LogP contribution in [0.2, 0.25) is 0 Å². The molecule has 1 atom stereocenters. The van der Waals surface area contributed by atoms with Gasteiger partial charge in [-0.2, -0.15) is 0 Å². The molecular formula is C22H24N2O. The molecule has 2 heterocycles. The third-order valence-corrected chi connectivity index (χ3v) is 5.37. The molecule has 1 fully saturated rings. The van der Waals surface area contributed by atoms with Crippen LogP contribution in [0.5, 0.6) is 0 Å². The highest BCUT2D eigenvalue weighted by molar-refractivity contribution is 5.84. The van der Waals surface area contributed by atoms with E-state index in [9.17, 15) is 4.79 Å². The molecular weight excluding hydrogens is 308 g/mol. The van der Waals surface area contributed by atoms with Crippen molar-refractivity contribution >= 4 is 16.8 Å². The summed E-state index contributed by atoms with van der Waals surface area (Å²) in [6, 6.07) is 18.8. The van der Waals surface area contributed by atoms with Gasteiger partial charge in [-0.1, -0.05) is 48.5 Å². The molecule has 3 aromatic rings. The normalized spacial score (nSPS) is 17.6. The molecule has 1 aliphatic rings. The minimum absolute atomic E-state index is 0.169. The fourth-order valence-corrected chi connectivity index (χ4v) is 3.99. The van der Waals surface area contributed by atoms with Crippen LogP contribution < -0.4 is 0 Å². The van der Waals surface area contributed by atoms with E-state index in [2.05, 4.69) is 54.2 Å². The first-order valence-corrected chi connectivity index (χ1v) is 9.08. The van der Waals surface area contributed by atoms with Gasteiger partial charge in [-0.3, -0.25) is 4.79 Å². The number of aryl methyl sites for hydroxylation is 2. The summed E-state index contributed by atoms with van der Waals surface area (Å²) >= 11 is 0. The minimum Gasteiger partial charge on any atom is -0.350 e. The van der Waals surface area contributed by atoms with Crippen molar-refractivity contribution in [2.24, 2.45) is 13.0 Å². The maximum atomic E-state index is 12.7. The zero-order chi connectivity index (χ0) is 17.2. The number of amides is 1. The van der Waals surface area contributed by atoms with Crippen molar-refractivity contribution in [3.8, 4) is 0 Å². The molecule has 0 N–H and O–H groups in total. The molecule has 0 spiro atoms. The van der Waals surface area contributed by atoms with Crippen LogP contribution >= 0.6 is 0 Å². The number of rotatable bonds is 5. The highest BCUT2D eigenvalue weighted by Crippen LogP contribution is 2.27. The summed E-state index contributed by atoms with van der Waals surface area (Å²) in [5, 5.41) is 1.32. The summed E-state index contributed by atoms with van der Waals surface area (Å²) < 4.78 is 2.18. The standard InChI is InChI=1S/C22H24N2O/c1-23-16-19(20-9-5-6-10-21(20)23)12-11-18-13-14-24(22(18)25)15-17-7-3-2-4-8-17/h2-10,16,18H,11-15H2,1H3. The van der Waals surface area contributed by atoms with Crippen LogP contribution in [-0.4, -0.2) is 21.9 Å². The minimum atomic E-state index is 0.169. The summed E-state index contributed by atoms with van der Waals surface area (Å²) in [6.07, 6.45) is 5.11. The molecule has 4 rings (SSSR count). The van der Waals surface area contributed by atoms with E-state index in [-0.39, 0.29) is 5.92 Å². The van der Waals surface area contributed by atoms with Crippen molar-refractivity contribution < 1.29 is 4.79 Å². The molecule has 128 valence electrons. The largest absolute Gasteiger partial charge is 0.350 e. The Morgan fingerprint density at radius 1 is 1.04 bits per heavy atom. The smallest absolute Gasteiger partial charge is 0.226 e. The van der Waals surface area contributed by atoms with Gasteiger partial charge in [-0.05, 0) is 36.5 Å². The van der Waals surface area contributed by atoms with E-state index in [0.29, 0.717) is 5.91 Å². The number of hydrogen-bond acceptors (Lipinski definition) is 1. The first kappa shape index (κ1) is 15.9. The Bertz CT molecular complexity index is 881. The van der Waals surface area contributed by atoms with Gasteiger partial charge in [0, 0.05) is 43.2 Å². The van der Waals surface area contributed by atoms with Crippen LogP contribution in [0.3, 0.4) is 0 Å². The van der Waals surface area contributed by atoms with E-state index in [1.165, 1.54) is 22.0 Å². The monoisotopic (exact) mass is 332 g/mol. The number of benzene rings is 2. The Morgan fingerprint density at radius 2 is 1.80 bits per heavy atom. The first-order valence-electron chi connectivity index (χ1n) is 9.08. The number of hydrogen-bond donors (Lipinski definition) is 0. The van der Waals surface area contributed by atoms with Crippen molar-refractivity contribution in [1.82, 2.24) is 9.47 Å². The van der Waals surface area contributed by atoms with Gasteiger partial charge in [0.15, 0.2) is 0 Å². The summed E-state index contributed by atoms with van der Waals surface area (Å²) in [5.74, 6) is 0.492. The SMILES string of the molecule is Cn1cc(CCC2CCN(Cc3ccccc3)C2=O)c2ccccc21. The Labute approximate surface area is 148 Å². The Kier molecular flexibility index (Phi) is 4.31. The number of aromatic nitrogens is 1. The van der Waals surface area contributed by atoms with Crippen LogP contribution in [0, 0.1) is 5.92 Å². The second-order valence-electron chi connectivity index (χ2n) is 7.05. The second-order valence-corrected chi connectivity index (χ2v) is 7.05. The van der Waals surface area contributed by atoms with Crippen molar-refractivity contribution in [3.05, 3.63) is 71.9 Å². The molecule has 1 aliphatic heterocycles. The first-order chi connectivity index (χ1) is 12.2. The number of nitrogens with zero attached hydrogens (tertiary/aromatic N) is 2. The third kappa shape index (κ3) is 3.19. The van der Waals surface area contributed by atoms with Gasteiger partial charge in [0.25, 0.3) is 0 Å². The van der Waals surface area contributed by atoms with Crippen LogP contribution in [0.4, 0.5) is 0 Å². The summed E-state index contributed by atoms with van der Waals surface area (Å²) in [7, 11) is 2.09. The topological polar surface area (TPSA) is 25.2 Å². The van der Waals surface area contributed by atoms with E-state index >= 15 is 0 Å². The lowest BCUT2D eigenvalue weighted by molar-refractivity contribution is -0.131. The van der Waals surface area contributed by atoms with Crippen LogP contribution in [-0.2, 0) is 24.8 Å². The predicted octanol–water partition coefficient (Wildman–Crippen LogP) is 4.16. The summed E-state index contributed by atoms with van der Waals surface area (Å²) in [4.78, 5) is 14.7.